The summed E-state index contributed by atoms with van der Waals surface area (Å²) in [7, 11) is -4.28. The third-order valence-corrected chi connectivity index (χ3v) is 10.2. The van der Waals surface area contributed by atoms with Crippen molar-refractivity contribution < 1.29 is 32.8 Å². The Morgan fingerprint density at radius 1 is 0.574 bits per heavy atom. The van der Waals surface area contributed by atoms with Crippen molar-refractivity contribution in [3.05, 3.63) is 48.6 Å². The Morgan fingerprint density at radius 3 is 1.57 bits per heavy atom. The molecular weight excluding hydrogens is 697 g/mol. The first-order valence-electron chi connectivity index (χ1n) is 22.1. The highest BCUT2D eigenvalue weighted by atomic mass is 31.2. The minimum Gasteiger partial charge on any atom is -0.457 e. The maximum absolute atomic E-state index is 12.5. The fourth-order valence-corrected chi connectivity index (χ4v) is 6.77. The van der Waals surface area contributed by atoms with Crippen molar-refractivity contribution in [2.24, 2.45) is 5.73 Å². The second-order valence-electron chi connectivity index (χ2n) is 14.5. The Balaban J connectivity index is 3.98. The molecule has 0 amide bonds. The van der Waals surface area contributed by atoms with Crippen LogP contribution in [0.2, 0.25) is 0 Å². The number of nitrogens with two attached hydrogens (primary N) is 1. The van der Waals surface area contributed by atoms with Gasteiger partial charge < -0.3 is 20.1 Å². The van der Waals surface area contributed by atoms with Gasteiger partial charge in [0.25, 0.3) is 0 Å². The van der Waals surface area contributed by atoms with Gasteiger partial charge in [0.05, 0.1) is 19.8 Å². The topological polar surface area (TPSA) is 117 Å². The van der Waals surface area contributed by atoms with Gasteiger partial charge in [-0.2, -0.15) is 0 Å². The molecule has 9 heteroatoms. The summed E-state index contributed by atoms with van der Waals surface area (Å²) in [5, 5.41) is 0. The largest absolute Gasteiger partial charge is 0.472 e. The number of hydrogen-bond acceptors (Lipinski definition) is 7. The van der Waals surface area contributed by atoms with Crippen LogP contribution >= 0.6 is 7.82 Å². The highest BCUT2D eigenvalue weighted by molar-refractivity contribution is 7.47. The predicted octanol–water partition coefficient (Wildman–Crippen LogP) is 13.2. The molecule has 0 heterocycles. The minimum atomic E-state index is -4.28. The number of esters is 1. The number of carbonyl (C=O) groups is 1. The molecule has 0 radical (unpaired) electrons. The van der Waals surface area contributed by atoms with Gasteiger partial charge in [-0.05, 0) is 70.6 Å². The molecule has 316 valence electrons. The monoisotopic (exact) mass is 782 g/mol. The number of hydrogen-bond donors (Lipinski definition) is 2. The summed E-state index contributed by atoms with van der Waals surface area (Å²) < 4.78 is 33.4. The van der Waals surface area contributed by atoms with Gasteiger partial charge in [0.15, 0.2) is 0 Å². The van der Waals surface area contributed by atoms with Crippen LogP contribution in [0, 0.1) is 0 Å². The molecule has 0 aliphatic rings. The van der Waals surface area contributed by atoms with Crippen LogP contribution in [0.1, 0.15) is 194 Å². The number of ether oxygens (including phenoxy) is 2. The number of allylic oxidation sites excluding steroid dienone is 8. The van der Waals surface area contributed by atoms with E-state index in [9.17, 15) is 14.3 Å². The van der Waals surface area contributed by atoms with E-state index in [1.54, 1.807) is 0 Å². The lowest BCUT2D eigenvalue weighted by Gasteiger charge is -2.20. The number of phosphoric acid groups is 1. The second kappa shape index (κ2) is 42.6. The Bertz CT molecular complexity index is 968. The third kappa shape index (κ3) is 41.6. The molecule has 0 saturated heterocycles. The fraction of sp³-hybridized carbons (Fsp3) is 0.800. The summed E-state index contributed by atoms with van der Waals surface area (Å²) in [6.45, 7) is 4.77. The summed E-state index contributed by atoms with van der Waals surface area (Å²) in [5.41, 5.74) is 5.36. The number of phosphoric ester groups is 1. The van der Waals surface area contributed by atoms with E-state index in [2.05, 4.69) is 62.5 Å². The van der Waals surface area contributed by atoms with Gasteiger partial charge in [-0.1, -0.05) is 165 Å². The molecule has 0 aromatic rings. The van der Waals surface area contributed by atoms with Gasteiger partial charge in [-0.3, -0.25) is 13.8 Å². The molecule has 0 rings (SSSR count). The van der Waals surface area contributed by atoms with E-state index in [4.69, 9.17) is 24.3 Å². The van der Waals surface area contributed by atoms with Gasteiger partial charge >= 0.3 is 13.8 Å². The lowest BCUT2D eigenvalue weighted by atomic mass is 10.1. The highest BCUT2D eigenvalue weighted by Gasteiger charge is 2.25. The van der Waals surface area contributed by atoms with Crippen molar-refractivity contribution in [2.45, 2.75) is 200 Å². The number of unbranched alkanes of at least 4 members (excludes halogenated alkanes) is 21. The molecule has 0 spiro atoms. The van der Waals surface area contributed by atoms with Crippen molar-refractivity contribution in [1.82, 2.24) is 0 Å². The van der Waals surface area contributed by atoms with Gasteiger partial charge in [-0.25, -0.2) is 4.57 Å². The van der Waals surface area contributed by atoms with Crippen LogP contribution in [0.25, 0.3) is 0 Å². The molecule has 54 heavy (non-hydrogen) atoms. The molecule has 0 saturated carbocycles. The molecular formula is C45H84NO7P. The lowest BCUT2D eigenvalue weighted by Crippen LogP contribution is -2.28. The first-order chi connectivity index (χ1) is 26.4. The van der Waals surface area contributed by atoms with E-state index in [1.165, 1.54) is 116 Å². The van der Waals surface area contributed by atoms with E-state index in [0.717, 1.165) is 57.8 Å². The Labute approximate surface area is 332 Å². The molecule has 0 aliphatic heterocycles. The van der Waals surface area contributed by atoms with Crippen LogP contribution in [0.4, 0.5) is 0 Å². The van der Waals surface area contributed by atoms with E-state index >= 15 is 0 Å². The fourth-order valence-electron chi connectivity index (χ4n) is 6.01. The van der Waals surface area contributed by atoms with Crippen LogP contribution in [0.15, 0.2) is 48.6 Å². The Hall–Kier alpha value is -1.54. The first kappa shape index (κ1) is 52.5. The summed E-state index contributed by atoms with van der Waals surface area (Å²) in [6, 6.07) is 0. The highest BCUT2D eigenvalue weighted by Crippen LogP contribution is 2.43. The van der Waals surface area contributed by atoms with Crippen molar-refractivity contribution in [3.8, 4) is 0 Å². The molecule has 0 fully saturated rings. The average molecular weight is 782 g/mol. The van der Waals surface area contributed by atoms with Crippen molar-refractivity contribution in [2.75, 3.05) is 33.0 Å². The van der Waals surface area contributed by atoms with Crippen molar-refractivity contribution >= 4 is 13.8 Å². The number of rotatable bonds is 42. The van der Waals surface area contributed by atoms with Crippen LogP contribution in [-0.4, -0.2) is 49.9 Å². The minimum absolute atomic E-state index is 0.0940. The Kier molecular flexibility index (Phi) is 41.4. The van der Waals surface area contributed by atoms with E-state index < -0.39 is 13.9 Å². The standard InChI is InChI=1S/C45H84NO7P/c1-3-5-7-9-11-13-15-17-18-19-20-21-22-23-24-25-27-29-31-33-35-37-40-50-42-44(43-52-54(48,49)51-41-39-46)53-45(47)38-36-34-32-30-28-26-16-14-12-10-8-6-4-2/h6,8,12,14,19-20,26,28,44H,3-5,7,9-11,13,15-18,21-25,27,29-43,46H2,1-2H3,(H,48,49)/b8-6-,14-12-,20-19-,28-26-. The lowest BCUT2D eigenvalue weighted by molar-refractivity contribution is -0.154. The molecule has 0 bridgehead atoms. The zero-order valence-corrected chi connectivity index (χ0v) is 35.8. The maximum atomic E-state index is 12.5. The maximum Gasteiger partial charge on any atom is 0.472 e. The molecule has 2 unspecified atom stereocenters. The van der Waals surface area contributed by atoms with Crippen molar-refractivity contribution in [1.29, 1.82) is 0 Å². The summed E-state index contributed by atoms with van der Waals surface area (Å²) in [6.07, 6.45) is 50.0. The van der Waals surface area contributed by atoms with E-state index in [0.29, 0.717) is 6.61 Å². The van der Waals surface area contributed by atoms with Crippen molar-refractivity contribution in [3.63, 3.8) is 0 Å². The molecule has 3 N–H and O–H groups in total. The average Bonchev–Trinajstić information content (AvgIpc) is 3.16. The molecule has 8 nitrogen and oxygen atoms in total. The molecule has 0 aromatic carbocycles. The normalized spacial score (nSPS) is 13.9. The molecule has 2 atom stereocenters. The molecule has 0 aromatic heterocycles. The van der Waals surface area contributed by atoms with Crippen LogP contribution < -0.4 is 5.73 Å². The summed E-state index contributed by atoms with van der Waals surface area (Å²) in [4.78, 5) is 22.4. The Morgan fingerprint density at radius 2 is 1.04 bits per heavy atom. The first-order valence-corrected chi connectivity index (χ1v) is 23.6. The van der Waals surface area contributed by atoms with Crippen LogP contribution in [0.3, 0.4) is 0 Å². The zero-order chi connectivity index (χ0) is 39.5. The van der Waals surface area contributed by atoms with Gasteiger partial charge in [0.2, 0.25) is 0 Å². The van der Waals surface area contributed by atoms with Crippen LogP contribution in [0.5, 0.6) is 0 Å². The smallest absolute Gasteiger partial charge is 0.457 e. The van der Waals surface area contributed by atoms with Crippen LogP contribution in [-0.2, 0) is 27.9 Å². The van der Waals surface area contributed by atoms with Gasteiger partial charge in [0.1, 0.15) is 6.10 Å². The number of carbonyl (C=O) groups excluding carboxylic acids is 1. The molecule has 0 aliphatic carbocycles. The predicted molar refractivity (Wildman–Crippen MR) is 229 cm³/mol. The van der Waals surface area contributed by atoms with E-state index in [1.807, 2.05) is 0 Å². The van der Waals surface area contributed by atoms with E-state index in [-0.39, 0.29) is 38.8 Å². The van der Waals surface area contributed by atoms with Gasteiger partial charge in [0, 0.05) is 19.6 Å². The zero-order valence-electron chi connectivity index (χ0n) is 35.0. The summed E-state index contributed by atoms with van der Waals surface area (Å²) >= 11 is 0. The summed E-state index contributed by atoms with van der Waals surface area (Å²) in [5.74, 6) is -0.359. The second-order valence-corrected chi connectivity index (χ2v) is 16.0. The van der Waals surface area contributed by atoms with Gasteiger partial charge in [-0.15, -0.1) is 0 Å². The third-order valence-electron chi connectivity index (χ3n) is 9.23. The SMILES string of the molecule is CC/C=C\C/C=C\C/C=C\CCCCCC(=O)OC(COCCCCCCCCCCCC/C=C\CCCCCCCCCC)COP(=O)(O)OCCN. The quantitative estimate of drug-likeness (QED) is 0.0272.